The molecular weight excluding hydrogens is 158 g/mol. The van der Waals surface area contributed by atoms with Crippen molar-refractivity contribution in [2.24, 2.45) is 5.73 Å². The van der Waals surface area contributed by atoms with Crippen molar-refractivity contribution >= 4 is 0 Å². The first-order valence-corrected chi connectivity index (χ1v) is 5.38. The Kier molecular flexibility index (Phi) is 6.61. The molecule has 13 heavy (non-hydrogen) atoms. The van der Waals surface area contributed by atoms with Crippen LogP contribution < -0.4 is 5.73 Å². The van der Waals surface area contributed by atoms with Gasteiger partial charge in [0.15, 0.2) is 0 Å². The van der Waals surface area contributed by atoms with E-state index in [2.05, 4.69) is 26.0 Å². The zero-order valence-electron chi connectivity index (χ0n) is 9.43. The van der Waals surface area contributed by atoms with Gasteiger partial charge in [0.25, 0.3) is 0 Å². The van der Waals surface area contributed by atoms with Crippen LogP contribution in [0.15, 0.2) is 23.3 Å². The fourth-order valence-electron chi connectivity index (χ4n) is 1.66. The summed E-state index contributed by atoms with van der Waals surface area (Å²) in [6.45, 7) is 8.26. The maximum Gasteiger partial charge on any atom is 0.0120 e. The highest BCUT2D eigenvalue weighted by molar-refractivity contribution is 5.36. The Morgan fingerprint density at radius 3 is 2.31 bits per heavy atom. The van der Waals surface area contributed by atoms with Gasteiger partial charge in [0.05, 0.1) is 0 Å². The molecule has 1 saturated carbocycles. The van der Waals surface area contributed by atoms with Gasteiger partial charge < -0.3 is 5.73 Å². The number of hydrogen-bond donors (Lipinski definition) is 1. The van der Waals surface area contributed by atoms with Crippen molar-refractivity contribution < 1.29 is 0 Å². The molecule has 0 aromatic rings. The van der Waals surface area contributed by atoms with E-state index in [0.717, 1.165) is 19.3 Å². The van der Waals surface area contributed by atoms with Gasteiger partial charge in [-0.15, -0.1) is 0 Å². The lowest BCUT2D eigenvalue weighted by molar-refractivity contribution is 0.734. The Morgan fingerprint density at radius 2 is 1.85 bits per heavy atom. The molecule has 1 atom stereocenters. The number of rotatable bonds is 1. The Morgan fingerprint density at radius 1 is 1.31 bits per heavy atom. The van der Waals surface area contributed by atoms with E-state index >= 15 is 0 Å². The van der Waals surface area contributed by atoms with Gasteiger partial charge in [0.1, 0.15) is 0 Å². The minimum Gasteiger partial charge on any atom is -0.327 e. The predicted molar refractivity (Wildman–Crippen MR) is 60.7 cm³/mol. The fraction of sp³-hybridized carbons (Fsp3) is 0.667. The molecule has 0 bridgehead atoms. The van der Waals surface area contributed by atoms with Gasteiger partial charge in [0, 0.05) is 6.04 Å². The van der Waals surface area contributed by atoms with E-state index in [-0.39, 0.29) is 0 Å². The minimum absolute atomic E-state index is 0.374. The third kappa shape index (κ3) is 3.77. The third-order valence-electron chi connectivity index (χ3n) is 2.18. The molecule has 0 aromatic heterocycles. The summed E-state index contributed by atoms with van der Waals surface area (Å²) in [5.74, 6) is 0. The highest BCUT2D eigenvalue weighted by Gasteiger charge is 2.18. The Hall–Kier alpha value is -0.560. The summed E-state index contributed by atoms with van der Waals surface area (Å²) in [6.07, 6.45) is 7.76. The third-order valence-corrected chi connectivity index (χ3v) is 2.18. The second-order valence-corrected chi connectivity index (χ2v) is 3.12. The molecule has 1 nitrogen and oxygen atoms in total. The van der Waals surface area contributed by atoms with Crippen molar-refractivity contribution in [2.75, 3.05) is 0 Å². The molecule has 0 aromatic carbocycles. The lowest BCUT2D eigenvalue weighted by atomic mass is 10.1. The molecule has 1 unspecified atom stereocenters. The maximum atomic E-state index is 5.84. The lowest BCUT2D eigenvalue weighted by Crippen LogP contribution is -2.13. The van der Waals surface area contributed by atoms with Crippen molar-refractivity contribution in [1.29, 1.82) is 0 Å². The fourth-order valence-corrected chi connectivity index (χ4v) is 1.66. The van der Waals surface area contributed by atoms with Gasteiger partial charge in [-0.2, -0.15) is 0 Å². The molecule has 2 N–H and O–H groups in total. The standard InChI is InChI=1S/C10H17N.C2H6/c1-3-5-9-7-10(11)6-8(9)4-2;1-2/h4-5,10H,3,6-7,11H2,1-2H3;1-2H3/b8-4-,9-5-;. The highest BCUT2D eigenvalue weighted by atomic mass is 14.6. The van der Waals surface area contributed by atoms with E-state index in [1.165, 1.54) is 11.1 Å². The SMILES string of the molecule is C/C=C1/CC(N)C/C1=C/CC.CC. The molecule has 76 valence electrons. The molecule has 0 spiro atoms. The Balaban J connectivity index is 0.000000671. The van der Waals surface area contributed by atoms with Crippen LogP contribution >= 0.6 is 0 Å². The number of nitrogens with two attached hydrogens (primary N) is 1. The van der Waals surface area contributed by atoms with Crippen LogP contribution in [0.2, 0.25) is 0 Å². The van der Waals surface area contributed by atoms with Gasteiger partial charge in [0.2, 0.25) is 0 Å². The molecule has 1 aliphatic carbocycles. The second kappa shape index (κ2) is 6.90. The molecule has 0 radical (unpaired) electrons. The molecule has 1 heteroatoms. The molecule has 1 rings (SSSR count). The van der Waals surface area contributed by atoms with Crippen LogP contribution in [0.5, 0.6) is 0 Å². The van der Waals surface area contributed by atoms with Crippen molar-refractivity contribution in [1.82, 2.24) is 0 Å². The van der Waals surface area contributed by atoms with Crippen LogP contribution in [0, 0.1) is 0 Å². The average molecular weight is 181 g/mol. The molecule has 0 amide bonds. The smallest absolute Gasteiger partial charge is 0.0120 e. The molecule has 0 heterocycles. The summed E-state index contributed by atoms with van der Waals surface area (Å²) in [5.41, 5.74) is 8.77. The summed E-state index contributed by atoms with van der Waals surface area (Å²) >= 11 is 0. The van der Waals surface area contributed by atoms with Gasteiger partial charge in [-0.25, -0.2) is 0 Å². The summed E-state index contributed by atoms with van der Waals surface area (Å²) in [7, 11) is 0. The maximum absolute atomic E-state index is 5.84. The second-order valence-electron chi connectivity index (χ2n) is 3.12. The van der Waals surface area contributed by atoms with Gasteiger partial charge in [-0.1, -0.05) is 32.9 Å². The van der Waals surface area contributed by atoms with Crippen molar-refractivity contribution in [3.05, 3.63) is 23.3 Å². The average Bonchev–Trinajstić information content (AvgIpc) is 2.50. The van der Waals surface area contributed by atoms with Crippen LogP contribution in [0.1, 0.15) is 47.0 Å². The van der Waals surface area contributed by atoms with E-state index in [1.54, 1.807) is 0 Å². The Bertz CT molecular complexity index is 189. The quantitative estimate of drug-likeness (QED) is 0.659. The van der Waals surface area contributed by atoms with Crippen molar-refractivity contribution in [3.8, 4) is 0 Å². The van der Waals surface area contributed by atoms with E-state index in [9.17, 15) is 0 Å². The first-order chi connectivity index (χ1) is 6.27. The summed E-state index contributed by atoms with van der Waals surface area (Å²) in [5, 5.41) is 0. The van der Waals surface area contributed by atoms with E-state index in [0.29, 0.717) is 6.04 Å². The molecule has 1 fully saturated rings. The normalized spacial score (nSPS) is 27.6. The van der Waals surface area contributed by atoms with Crippen LogP contribution in [0.4, 0.5) is 0 Å². The van der Waals surface area contributed by atoms with Gasteiger partial charge >= 0.3 is 0 Å². The number of hydrogen-bond acceptors (Lipinski definition) is 1. The zero-order valence-corrected chi connectivity index (χ0v) is 9.43. The zero-order chi connectivity index (χ0) is 10.3. The largest absolute Gasteiger partial charge is 0.327 e. The monoisotopic (exact) mass is 181 g/mol. The molecule has 0 saturated heterocycles. The van der Waals surface area contributed by atoms with Crippen molar-refractivity contribution in [2.45, 2.75) is 53.0 Å². The minimum atomic E-state index is 0.374. The predicted octanol–water partition coefficient (Wildman–Crippen LogP) is 3.42. The van der Waals surface area contributed by atoms with Gasteiger partial charge in [-0.05, 0) is 37.3 Å². The van der Waals surface area contributed by atoms with E-state index in [1.807, 2.05) is 13.8 Å². The van der Waals surface area contributed by atoms with Crippen LogP contribution in [0.25, 0.3) is 0 Å². The summed E-state index contributed by atoms with van der Waals surface area (Å²) in [4.78, 5) is 0. The number of allylic oxidation sites excluding steroid dienone is 2. The summed E-state index contributed by atoms with van der Waals surface area (Å²) < 4.78 is 0. The van der Waals surface area contributed by atoms with Crippen LogP contribution in [-0.2, 0) is 0 Å². The van der Waals surface area contributed by atoms with E-state index < -0.39 is 0 Å². The molecule has 1 aliphatic rings. The Labute approximate surface area is 82.7 Å². The first-order valence-electron chi connectivity index (χ1n) is 5.38. The highest BCUT2D eigenvalue weighted by Crippen LogP contribution is 2.29. The van der Waals surface area contributed by atoms with Crippen LogP contribution in [-0.4, -0.2) is 6.04 Å². The lowest BCUT2D eigenvalue weighted by Gasteiger charge is -1.96. The van der Waals surface area contributed by atoms with E-state index in [4.69, 9.17) is 5.73 Å². The van der Waals surface area contributed by atoms with Crippen LogP contribution in [0.3, 0.4) is 0 Å². The van der Waals surface area contributed by atoms with Gasteiger partial charge in [-0.3, -0.25) is 0 Å². The van der Waals surface area contributed by atoms with Crippen molar-refractivity contribution in [3.63, 3.8) is 0 Å². The molecular formula is C12H23N. The summed E-state index contributed by atoms with van der Waals surface area (Å²) in [6, 6.07) is 0.374. The molecule has 0 aliphatic heterocycles. The topological polar surface area (TPSA) is 26.0 Å². The first kappa shape index (κ1) is 12.4.